The Morgan fingerprint density at radius 2 is 1.44 bits per heavy atom. The first-order chi connectivity index (χ1) is 15.8. The van der Waals surface area contributed by atoms with Gasteiger partial charge in [-0.1, -0.05) is 41.6 Å². The molecular formula is C26H15N3O3. The van der Waals surface area contributed by atoms with Crippen molar-refractivity contribution in [3.63, 3.8) is 0 Å². The van der Waals surface area contributed by atoms with E-state index in [2.05, 4.69) is 10.5 Å². The van der Waals surface area contributed by atoms with E-state index in [0.29, 0.717) is 11.5 Å². The van der Waals surface area contributed by atoms with Gasteiger partial charge in [0.05, 0.1) is 22.8 Å². The molecule has 3 heterocycles. The van der Waals surface area contributed by atoms with Crippen molar-refractivity contribution in [3.05, 3.63) is 95.0 Å². The Kier molecular flexibility index (Phi) is 3.46. The Labute approximate surface area is 182 Å². The Morgan fingerprint density at radius 1 is 0.656 bits per heavy atom. The van der Waals surface area contributed by atoms with Crippen molar-refractivity contribution in [1.29, 1.82) is 0 Å². The molecule has 152 valence electrons. The maximum absolute atomic E-state index is 6.16. The van der Waals surface area contributed by atoms with Gasteiger partial charge in [-0.3, -0.25) is 0 Å². The van der Waals surface area contributed by atoms with E-state index in [-0.39, 0.29) is 0 Å². The first kappa shape index (κ1) is 17.1. The van der Waals surface area contributed by atoms with Crippen LogP contribution in [0.25, 0.3) is 5.57 Å². The highest BCUT2D eigenvalue weighted by Gasteiger charge is 2.24. The number of para-hydroxylation sites is 5. The second-order valence-electron chi connectivity index (χ2n) is 7.61. The van der Waals surface area contributed by atoms with E-state index in [9.17, 15) is 0 Å². The fourth-order valence-corrected chi connectivity index (χ4v) is 4.24. The van der Waals surface area contributed by atoms with E-state index in [1.54, 1.807) is 6.21 Å². The molecule has 0 spiro atoms. The minimum Gasteiger partial charge on any atom is -0.453 e. The molecule has 0 unspecified atom stereocenters. The minimum absolute atomic E-state index is 0.628. The molecule has 4 aromatic rings. The minimum atomic E-state index is 0.628. The van der Waals surface area contributed by atoms with Gasteiger partial charge in [-0.25, -0.2) is 4.99 Å². The zero-order chi connectivity index (χ0) is 21.1. The summed E-state index contributed by atoms with van der Waals surface area (Å²) in [5, 5.41) is 9.23. The lowest BCUT2D eigenvalue weighted by molar-refractivity contribution is 0.337. The van der Waals surface area contributed by atoms with Crippen LogP contribution in [0.5, 0.6) is 28.7 Å². The number of nitrogens with one attached hydrogen (secondary N) is 1. The third-order valence-corrected chi connectivity index (χ3v) is 5.71. The fourth-order valence-electron chi connectivity index (χ4n) is 4.24. The summed E-state index contributed by atoms with van der Waals surface area (Å²) in [6.07, 6.45) is 1.72. The molecule has 3 aliphatic heterocycles. The van der Waals surface area contributed by atoms with Crippen LogP contribution in [0.15, 0.2) is 89.0 Å². The molecule has 0 saturated carbocycles. The predicted molar refractivity (Wildman–Crippen MR) is 121 cm³/mol. The molecule has 0 bridgehead atoms. The number of fused-ring (bicyclic) bond motifs is 6. The molecule has 1 N–H and O–H groups in total. The van der Waals surface area contributed by atoms with Gasteiger partial charge in [-0.15, -0.1) is 0 Å². The van der Waals surface area contributed by atoms with Crippen LogP contribution < -0.4 is 30.2 Å². The molecule has 0 radical (unpaired) electrons. The number of oxime groups is 1. The quantitative estimate of drug-likeness (QED) is 0.401. The highest BCUT2D eigenvalue weighted by Crippen LogP contribution is 2.44. The van der Waals surface area contributed by atoms with Crippen LogP contribution >= 0.6 is 0 Å². The average Bonchev–Trinajstić information content (AvgIpc) is 2.85. The number of ether oxygens (including phenoxy) is 2. The summed E-state index contributed by atoms with van der Waals surface area (Å²) in [6.45, 7) is 0. The van der Waals surface area contributed by atoms with Crippen LogP contribution in [0.1, 0.15) is 5.56 Å². The first-order valence-electron chi connectivity index (χ1n) is 10.3. The maximum atomic E-state index is 6.16. The van der Waals surface area contributed by atoms with Gasteiger partial charge in [0.25, 0.3) is 0 Å². The van der Waals surface area contributed by atoms with E-state index in [0.717, 1.165) is 56.0 Å². The molecule has 0 aliphatic carbocycles. The van der Waals surface area contributed by atoms with Crippen molar-refractivity contribution in [3.8, 4) is 28.7 Å². The number of hydrogen-bond donors (Lipinski definition) is 1. The summed E-state index contributed by atoms with van der Waals surface area (Å²) in [6, 6.07) is 25.3. The van der Waals surface area contributed by atoms with Crippen LogP contribution in [0.2, 0.25) is 0 Å². The zero-order valence-corrected chi connectivity index (χ0v) is 16.7. The lowest BCUT2D eigenvalue weighted by Gasteiger charge is -2.25. The summed E-state index contributed by atoms with van der Waals surface area (Å²) in [4.78, 5) is 10.5. The van der Waals surface area contributed by atoms with Gasteiger partial charge in [0.1, 0.15) is 11.0 Å². The highest BCUT2D eigenvalue weighted by atomic mass is 16.6. The Hall–Kier alpha value is -4.58. The molecule has 3 aliphatic rings. The molecule has 0 amide bonds. The van der Waals surface area contributed by atoms with Crippen LogP contribution in [0, 0.1) is 0 Å². The largest absolute Gasteiger partial charge is 0.453 e. The highest BCUT2D eigenvalue weighted by molar-refractivity contribution is 6.13. The van der Waals surface area contributed by atoms with Crippen molar-refractivity contribution in [2.45, 2.75) is 0 Å². The van der Waals surface area contributed by atoms with E-state index in [4.69, 9.17) is 19.3 Å². The monoisotopic (exact) mass is 417 g/mol. The molecule has 6 nitrogen and oxygen atoms in total. The van der Waals surface area contributed by atoms with E-state index < -0.39 is 0 Å². The summed E-state index contributed by atoms with van der Waals surface area (Å²) in [7, 11) is 0. The molecule has 0 saturated heterocycles. The van der Waals surface area contributed by atoms with Gasteiger partial charge in [-0.05, 0) is 42.5 Å². The van der Waals surface area contributed by atoms with Crippen molar-refractivity contribution in [1.82, 2.24) is 0 Å². The standard InChI is InChI=1S/C26H15N3O3/c1-3-9-19-17(7-1)28-25-15(6-5-11-22(25)30-19)16-14-27-32-21-12-13-23-26(24(16)21)29-18-8-2-4-10-20(18)31-23/h1-14,28H. The molecule has 6 heteroatoms. The summed E-state index contributed by atoms with van der Waals surface area (Å²) in [5.74, 6) is 3.58. The second kappa shape index (κ2) is 6.46. The normalized spacial score (nSPS) is 14.1. The van der Waals surface area contributed by atoms with Gasteiger partial charge >= 0.3 is 0 Å². The number of benzene rings is 4. The summed E-state index contributed by atoms with van der Waals surface area (Å²) >= 11 is 0. The van der Waals surface area contributed by atoms with Crippen molar-refractivity contribution in [2.24, 2.45) is 10.1 Å². The molecule has 0 atom stereocenters. The number of rotatable bonds is 1. The summed E-state index contributed by atoms with van der Waals surface area (Å²) < 4.78 is 12.3. The zero-order valence-electron chi connectivity index (χ0n) is 16.7. The molecular weight excluding hydrogens is 402 g/mol. The van der Waals surface area contributed by atoms with E-state index in [1.165, 1.54) is 0 Å². The van der Waals surface area contributed by atoms with Crippen LogP contribution in [-0.4, -0.2) is 6.21 Å². The van der Waals surface area contributed by atoms with Gasteiger partial charge in [0, 0.05) is 11.1 Å². The number of anilines is 2. The van der Waals surface area contributed by atoms with E-state index >= 15 is 0 Å². The molecule has 7 rings (SSSR count). The van der Waals surface area contributed by atoms with Crippen molar-refractivity contribution in [2.75, 3.05) is 5.32 Å². The molecule has 32 heavy (non-hydrogen) atoms. The molecule has 0 aromatic heterocycles. The fraction of sp³-hybridized carbons (Fsp3) is 0. The lowest BCUT2D eigenvalue weighted by Crippen LogP contribution is -2.34. The topological polar surface area (TPSA) is 64.4 Å². The van der Waals surface area contributed by atoms with Crippen molar-refractivity contribution < 1.29 is 14.3 Å². The molecule has 0 fully saturated rings. The number of hydrogen-bond acceptors (Lipinski definition) is 6. The smallest absolute Gasteiger partial charge is 0.168 e. The SMILES string of the molecule is C1=NOc2ccc3c(c2=C1c1cccc2c1Nc1ccccc1O2)=Nc1ccccc1O3. The Morgan fingerprint density at radius 3 is 2.41 bits per heavy atom. The van der Waals surface area contributed by atoms with Crippen LogP contribution in [-0.2, 0) is 0 Å². The van der Waals surface area contributed by atoms with Gasteiger partial charge < -0.3 is 19.6 Å². The lowest BCUT2D eigenvalue weighted by atomic mass is 9.98. The third-order valence-electron chi connectivity index (χ3n) is 5.71. The summed E-state index contributed by atoms with van der Waals surface area (Å²) in [5.41, 5.74) is 4.38. The van der Waals surface area contributed by atoms with Crippen molar-refractivity contribution >= 4 is 28.8 Å². The van der Waals surface area contributed by atoms with Crippen LogP contribution in [0.3, 0.4) is 0 Å². The number of nitrogens with zero attached hydrogens (tertiary/aromatic N) is 2. The Bertz CT molecular complexity index is 1590. The predicted octanol–water partition coefficient (Wildman–Crippen LogP) is 5.17. The van der Waals surface area contributed by atoms with Crippen LogP contribution in [0.4, 0.5) is 17.1 Å². The molecule has 4 aromatic carbocycles. The first-order valence-corrected chi connectivity index (χ1v) is 10.3. The maximum Gasteiger partial charge on any atom is 0.168 e. The second-order valence-corrected chi connectivity index (χ2v) is 7.61. The van der Waals surface area contributed by atoms with Gasteiger partial charge in [0.2, 0.25) is 0 Å². The van der Waals surface area contributed by atoms with Gasteiger partial charge in [-0.2, -0.15) is 0 Å². The third kappa shape index (κ3) is 2.46. The average molecular weight is 417 g/mol. The van der Waals surface area contributed by atoms with Gasteiger partial charge in [0.15, 0.2) is 28.7 Å². The Balaban J connectivity index is 1.53. The van der Waals surface area contributed by atoms with E-state index in [1.807, 2.05) is 78.9 Å².